The zero-order valence-corrected chi connectivity index (χ0v) is 28.3. The van der Waals surface area contributed by atoms with Crippen molar-refractivity contribution in [2.45, 2.75) is 39.0 Å². The zero-order chi connectivity index (χ0) is 33.6. The average molecular weight is 642 g/mol. The molecule has 0 radical (unpaired) electrons. The van der Waals surface area contributed by atoms with Gasteiger partial charge in [-0.25, -0.2) is 9.59 Å². The molecule has 0 fully saturated rings. The number of methoxy groups -OCH3 is 3. The van der Waals surface area contributed by atoms with Crippen molar-refractivity contribution in [3.05, 3.63) is 83.9 Å². The summed E-state index contributed by atoms with van der Waals surface area (Å²) in [6.45, 7) is 4.71. The molecule has 47 heavy (non-hydrogen) atoms. The van der Waals surface area contributed by atoms with E-state index < -0.39 is 0 Å². The number of benzene rings is 4. The van der Waals surface area contributed by atoms with Gasteiger partial charge in [-0.2, -0.15) is 0 Å². The summed E-state index contributed by atoms with van der Waals surface area (Å²) in [4.78, 5) is 27.8. The van der Waals surface area contributed by atoms with Crippen LogP contribution in [0.2, 0.25) is 0 Å². The largest absolute Gasteiger partial charge is 0.493 e. The summed E-state index contributed by atoms with van der Waals surface area (Å²) in [7, 11) is 6.76. The monoisotopic (exact) mass is 641 g/mol. The molecule has 0 saturated heterocycles. The summed E-state index contributed by atoms with van der Waals surface area (Å²) in [6, 6.07) is 21.6. The lowest BCUT2D eigenvalue weighted by atomic mass is 9.97. The van der Waals surface area contributed by atoms with Crippen molar-refractivity contribution in [3.8, 4) is 17.2 Å². The Morgan fingerprint density at radius 3 is 1.98 bits per heavy atom. The van der Waals surface area contributed by atoms with E-state index in [0.29, 0.717) is 36.0 Å². The van der Waals surface area contributed by atoms with Gasteiger partial charge < -0.3 is 28.6 Å². The van der Waals surface area contributed by atoms with Gasteiger partial charge in [-0.05, 0) is 77.8 Å². The maximum absolute atomic E-state index is 13.3. The van der Waals surface area contributed by atoms with Crippen LogP contribution in [0, 0.1) is 5.92 Å². The van der Waals surface area contributed by atoms with Crippen LogP contribution in [0.1, 0.15) is 54.9 Å². The molecule has 0 saturated carbocycles. The molecule has 4 rings (SSSR count). The van der Waals surface area contributed by atoms with Crippen LogP contribution in [-0.4, -0.2) is 71.5 Å². The van der Waals surface area contributed by atoms with Gasteiger partial charge in [0.2, 0.25) is 5.75 Å². The first-order valence-electron chi connectivity index (χ1n) is 16.3. The van der Waals surface area contributed by atoms with Crippen LogP contribution >= 0.6 is 0 Å². The summed E-state index contributed by atoms with van der Waals surface area (Å²) in [6.07, 6.45) is 8.18. The minimum atomic E-state index is -0.384. The Balaban J connectivity index is 1.10. The van der Waals surface area contributed by atoms with Crippen LogP contribution in [0.25, 0.3) is 27.6 Å². The SMILES string of the molecule is COc1cc(/C=C/C(=O)OCCCCCCCN(C)C[C@@H](C)COC(=O)c2c3ccccc3cc3ccccc23)cc(OC)c1OC. The van der Waals surface area contributed by atoms with Crippen LogP contribution in [0.5, 0.6) is 17.2 Å². The third-order valence-corrected chi connectivity index (χ3v) is 8.13. The minimum absolute atomic E-state index is 0.211. The second-order valence-corrected chi connectivity index (χ2v) is 11.9. The molecule has 0 amide bonds. The first-order chi connectivity index (χ1) is 22.8. The molecule has 4 aromatic rings. The van der Waals surface area contributed by atoms with E-state index in [2.05, 4.69) is 24.9 Å². The van der Waals surface area contributed by atoms with Gasteiger partial charge in [-0.1, -0.05) is 74.7 Å². The fraction of sp³-hybridized carbons (Fsp3) is 0.385. The van der Waals surface area contributed by atoms with Crippen molar-refractivity contribution in [1.82, 2.24) is 4.90 Å². The molecule has 8 nitrogen and oxygen atoms in total. The second-order valence-electron chi connectivity index (χ2n) is 11.9. The molecule has 0 aliphatic heterocycles. The van der Waals surface area contributed by atoms with Gasteiger partial charge in [-0.15, -0.1) is 0 Å². The molecule has 0 bridgehead atoms. The van der Waals surface area contributed by atoms with Crippen LogP contribution in [0.3, 0.4) is 0 Å². The standard InChI is InChI=1S/C39H47NO7/c1-28(27-47-39(42)37-32-17-11-9-15-30(32)25-31-16-10-12-18-33(31)37)26-40(2)21-13-7-6-8-14-22-46-36(41)20-19-29-23-34(43-3)38(45-5)35(24-29)44-4/h9-12,15-20,23-25,28H,6-8,13-14,21-22,26-27H2,1-5H3/b20-19+/t28-/m1/s1. The highest BCUT2D eigenvalue weighted by atomic mass is 16.5. The molecule has 8 heteroatoms. The van der Waals surface area contributed by atoms with Gasteiger partial charge in [0.15, 0.2) is 11.5 Å². The van der Waals surface area contributed by atoms with Gasteiger partial charge in [0.1, 0.15) is 0 Å². The fourth-order valence-electron chi connectivity index (χ4n) is 5.80. The highest BCUT2D eigenvalue weighted by Crippen LogP contribution is 2.38. The molecule has 250 valence electrons. The normalized spacial score (nSPS) is 12.0. The molecule has 0 heterocycles. The summed E-state index contributed by atoms with van der Waals surface area (Å²) in [5.41, 5.74) is 1.38. The lowest BCUT2D eigenvalue weighted by Crippen LogP contribution is -2.28. The number of unbranched alkanes of at least 4 members (excludes halogenated alkanes) is 4. The average Bonchev–Trinajstić information content (AvgIpc) is 3.09. The third-order valence-electron chi connectivity index (χ3n) is 8.13. The Morgan fingerprint density at radius 2 is 1.36 bits per heavy atom. The molecular formula is C39H47NO7. The van der Waals surface area contributed by atoms with Crippen LogP contribution in [0.4, 0.5) is 0 Å². The van der Waals surface area contributed by atoms with E-state index in [9.17, 15) is 9.59 Å². The van der Waals surface area contributed by atoms with Crippen LogP contribution < -0.4 is 14.2 Å². The van der Waals surface area contributed by atoms with E-state index in [-0.39, 0.29) is 17.9 Å². The molecular weight excluding hydrogens is 594 g/mol. The smallest absolute Gasteiger partial charge is 0.339 e. The van der Waals surface area contributed by atoms with Crippen molar-refractivity contribution in [3.63, 3.8) is 0 Å². The topological polar surface area (TPSA) is 83.5 Å². The summed E-state index contributed by atoms with van der Waals surface area (Å²) in [5, 5.41) is 3.91. The van der Waals surface area contributed by atoms with Gasteiger partial charge >= 0.3 is 11.9 Å². The fourth-order valence-corrected chi connectivity index (χ4v) is 5.80. The molecule has 0 unspecified atom stereocenters. The number of esters is 2. The third kappa shape index (κ3) is 9.96. The van der Waals surface area contributed by atoms with Crippen molar-refractivity contribution in [2.24, 2.45) is 5.92 Å². The summed E-state index contributed by atoms with van der Waals surface area (Å²) < 4.78 is 27.3. The van der Waals surface area contributed by atoms with Gasteiger partial charge in [0.05, 0.1) is 40.1 Å². The van der Waals surface area contributed by atoms with Gasteiger partial charge in [0, 0.05) is 18.5 Å². The van der Waals surface area contributed by atoms with Crippen molar-refractivity contribution < 1.29 is 33.3 Å². The number of nitrogens with zero attached hydrogens (tertiary/aromatic N) is 1. The molecule has 0 aliphatic rings. The first-order valence-corrected chi connectivity index (χ1v) is 16.3. The highest BCUT2D eigenvalue weighted by molar-refractivity contribution is 6.16. The van der Waals surface area contributed by atoms with Crippen LogP contribution in [-0.2, 0) is 14.3 Å². The lowest BCUT2D eigenvalue weighted by molar-refractivity contribution is -0.137. The van der Waals surface area contributed by atoms with Crippen molar-refractivity contribution >= 4 is 39.6 Å². The van der Waals surface area contributed by atoms with E-state index in [4.69, 9.17) is 23.7 Å². The zero-order valence-electron chi connectivity index (χ0n) is 28.3. The lowest BCUT2D eigenvalue weighted by Gasteiger charge is -2.21. The van der Waals surface area contributed by atoms with Crippen molar-refractivity contribution in [2.75, 3.05) is 54.7 Å². The number of hydrogen-bond acceptors (Lipinski definition) is 8. The van der Waals surface area contributed by atoms with Gasteiger partial charge in [-0.3, -0.25) is 0 Å². The van der Waals surface area contributed by atoms with Crippen LogP contribution in [0.15, 0.2) is 72.8 Å². The minimum Gasteiger partial charge on any atom is -0.493 e. The predicted octanol–water partition coefficient (Wildman–Crippen LogP) is 7.95. The molecule has 1 atom stereocenters. The molecule has 4 aromatic carbocycles. The van der Waals surface area contributed by atoms with E-state index >= 15 is 0 Å². The quantitative estimate of drug-likeness (QED) is 0.0469. The van der Waals surface area contributed by atoms with E-state index in [0.717, 1.165) is 72.3 Å². The van der Waals surface area contributed by atoms with E-state index in [1.54, 1.807) is 39.5 Å². The van der Waals surface area contributed by atoms with Gasteiger partial charge in [0.25, 0.3) is 0 Å². The van der Waals surface area contributed by atoms with Crippen molar-refractivity contribution in [1.29, 1.82) is 0 Å². The number of ether oxygens (including phenoxy) is 5. The highest BCUT2D eigenvalue weighted by Gasteiger charge is 2.18. The maximum Gasteiger partial charge on any atom is 0.339 e. The summed E-state index contributed by atoms with van der Waals surface area (Å²) in [5.74, 6) is 1.10. The number of hydrogen-bond donors (Lipinski definition) is 0. The Bertz CT molecular complexity index is 1590. The number of rotatable bonds is 18. The first kappa shape index (κ1) is 35.3. The Hall–Kier alpha value is -4.56. The number of carbonyl (C=O) groups is 2. The molecule has 0 aliphatic carbocycles. The Morgan fingerprint density at radius 1 is 0.766 bits per heavy atom. The summed E-state index contributed by atoms with van der Waals surface area (Å²) >= 11 is 0. The van der Waals surface area contributed by atoms with E-state index in [1.807, 2.05) is 48.5 Å². The predicted molar refractivity (Wildman–Crippen MR) is 188 cm³/mol. The second kappa shape index (κ2) is 18.0. The van der Waals surface area contributed by atoms with E-state index in [1.165, 1.54) is 6.08 Å². The molecule has 0 N–H and O–H groups in total. The number of fused-ring (bicyclic) bond motifs is 2. The molecule has 0 spiro atoms. The Labute approximate surface area is 278 Å². The Kier molecular flexibility index (Phi) is 13.5. The molecule has 0 aromatic heterocycles. The maximum atomic E-state index is 13.3. The number of carbonyl (C=O) groups excluding carboxylic acids is 2.